The van der Waals surface area contributed by atoms with Crippen molar-refractivity contribution in [1.29, 1.82) is 0 Å². The van der Waals surface area contributed by atoms with Gasteiger partial charge in [0.05, 0.1) is 13.7 Å². The van der Waals surface area contributed by atoms with E-state index >= 15 is 0 Å². The summed E-state index contributed by atoms with van der Waals surface area (Å²) >= 11 is 0. The third kappa shape index (κ3) is 7.44. The lowest BCUT2D eigenvalue weighted by Gasteiger charge is -2.22. The summed E-state index contributed by atoms with van der Waals surface area (Å²) in [7, 11) is 1.63. The zero-order valence-electron chi connectivity index (χ0n) is 20.9. The Bertz CT molecular complexity index is 1110. The van der Waals surface area contributed by atoms with Gasteiger partial charge in [0.25, 0.3) is 5.91 Å². The maximum atomic E-state index is 13.1. The van der Waals surface area contributed by atoms with E-state index in [0.29, 0.717) is 37.6 Å². The summed E-state index contributed by atoms with van der Waals surface area (Å²) in [6, 6.07) is 19.3. The van der Waals surface area contributed by atoms with Crippen LogP contribution in [-0.2, 0) is 24.3 Å². The molecule has 7 nitrogen and oxygen atoms in total. The summed E-state index contributed by atoms with van der Waals surface area (Å²) in [6.07, 6.45) is 7.16. The number of amides is 2. The Balaban J connectivity index is 1.32. The summed E-state index contributed by atoms with van der Waals surface area (Å²) in [4.78, 5) is 27.5. The highest BCUT2D eigenvalue weighted by atomic mass is 16.5. The monoisotopic (exact) mass is 489 g/mol. The molecule has 1 N–H and O–H groups in total. The molecule has 0 aliphatic heterocycles. The van der Waals surface area contributed by atoms with Gasteiger partial charge in [-0.25, -0.2) is 0 Å². The molecule has 2 aromatic carbocycles. The number of aromatic nitrogens is 1. The lowest BCUT2D eigenvalue weighted by atomic mass is 10.0. The third-order valence-electron chi connectivity index (χ3n) is 6.81. The number of rotatable bonds is 12. The van der Waals surface area contributed by atoms with Crippen LogP contribution >= 0.6 is 0 Å². The molecule has 1 fully saturated rings. The Hall–Kier alpha value is -3.61. The van der Waals surface area contributed by atoms with Gasteiger partial charge in [-0.15, -0.1) is 0 Å². The van der Waals surface area contributed by atoms with Crippen molar-refractivity contribution >= 4 is 11.8 Å². The van der Waals surface area contributed by atoms with Crippen molar-refractivity contribution in [3.63, 3.8) is 0 Å². The van der Waals surface area contributed by atoms with Crippen LogP contribution in [0.1, 0.15) is 65.9 Å². The van der Waals surface area contributed by atoms with E-state index in [0.717, 1.165) is 23.3 Å². The number of hydrogen-bond acceptors (Lipinski definition) is 5. The average Bonchev–Trinajstić information content (AvgIpc) is 3.60. The number of carbonyl (C=O) groups is 2. The first-order chi connectivity index (χ1) is 17.6. The third-order valence-corrected chi connectivity index (χ3v) is 6.81. The van der Waals surface area contributed by atoms with Crippen LogP contribution in [0, 0.1) is 5.92 Å². The molecule has 7 heteroatoms. The van der Waals surface area contributed by atoms with Gasteiger partial charge in [-0.1, -0.05) is 73.3 Å². The van der Waals surface area contributed by atoms with Gasteiger partial charge in [-0.2, -0.15) is 0 Å². The number of benzene rings is 2. The molecule has 0 unspecified atom stereocenters. The fraction of sp³-hybridized carbons (Fsp3) is 0.414. The Morgan fingerprint density at radius 1 is 1.03 bits per heavy atom. The zero-order valence-corrected chi connectivity index (χ0v) is 20.9. The predicted molar refractivity (Wildman–Crippen MR) is 137 cm³/mol. The molecule has 1 aliphatic rings. The van der Waals surface area contributed by atoms with E-state index in [1.807, 2.05) is 54.6 Å². The predicted octanol–water partition coefficient (Wildman–Crippen LogP) is 5.15. The molecule has 1 aliphatic carbocycles. The number of ether oxygens (including phenoxy) is 1. The summed E-state index contributed by atoms with van der Waals surface area (Å²) in [5, 5.41) is 6.83. The molecule has 190 valence electrons. The van der Waals surface area contributed by atoms with Crippen LogP contribution < -0.4 is 10.1 Å². The number of nitrogens with zero attached hydrogens (tertiary/aromatic N) is 2. The van der Waals surface area contributed by atoms with E-state index in [9.17, 15) is 9.59 Å². The highest BCUT2D eigenvalue weighted by Crippen LogP contribution is 2.29. The van der Waals surface area contributed by atoms with Crippen molar-refractivity contribution in [2.75, 3.05) is 13.7 Å². The SMILES string of the molecule is COc1ccc(CCNC(=O)c2cc(CN(Cc3ccccc3)C(=O)CCC3CCCC3)on2)cc1. The first-order valence-corrected chi connectivity index (χ1v) is 12.8. The molecule has 0 atom stereocenters. The number of methoxy groups -OCH3 is 1. The van der Waals surface area contributed by atoms with Crippen LogP contribution in [0.15, 0.2) is 65.2 Å². The molecule has 1 saturated carbocycles. The zero-order chi connectivity index (χ0) is 25.2. The summed E-state index contributed by atoms with van der Waals surface area (Å²) < 4.78 is 10.6. The normalized spacial score (nSPS) is 13.5. The van der Waals surface area contributed by atoms with E-state index in [2.05, 4.69) is 10.5 Å². The molecule has 0 saturated heterocycles. The van der Waals surface area contributed by atoms with Gasteiger partial charge in [0.2, 0.25) is 5.91 Å². The molecule has 0 spiro atoms. The Labute approximate surface area is 212 Å². The summed E-state index contributed by atoms with van der Waals surface area (Å²) in [6.45, 7) is 1.26. The number of carbonyl (C=O) groups excluding carboxylic acids is 2. The van der Waals surface area contributed by atoms with E-state index in [1.54, 1.807) is 18.1 Å². The molecular weight excluding hydrogens is 454 g/mol. The topological polar surface area (TPSA) is 84.7 Å². The molecule has 2 amide bonds. The van der Waals surface area contributed by atoms with E-state index in [1.165, 1.54) is 25.7 Å². The molecule has 1 aromatic heterocycles. The number of nitrogens with one attached hydrogen (secondary N) is 1. The fourth-order valence-electron chi connectivity index (χ4n) is 4.71. The van der Waals surface area contributed by atoms with Crippen molar-refractivity contribution < 1.29 is 18.8 Å². The molecule has 0 bridgehead atoms. The van der Waals surface area contributed by atoms with Crippen LogP contribution in [0.3, 0.4) is 0 Å². The largest absolute Gasteiger partial charge is 0.497 e. The lowest BCUT2D eigenvalue weighted by Crippen LogP contribution is -2.30. The molecule has 1 heterocycles. The van der Waals surface area contributed by atoms with Gasteiger partial charge in [0.1, 0.15) is 5.75 Å². The van der Waals surface area contributed by atoms with Gasteiger partial charge >= 0.3 is 0 Å². The van der Waals surface area contributed by atoms with Crippen LogP contribution in [-0.4, -0.2) is 35.5 Å². The van der Waals surface area contributed by atoms with Crippen LogP contribution in [0.25, 0.3) is 0 Å². The van der Waals surface area contributed by atoms with Crippen LogP contribution in [0.4, 0.5) is 0 Å². The molecular formula is C29H35N3O4. The molecule has 36 heavy (non-hydrogen) atoms. The second-order valence-electron chi connectivity index (χ2n) is 9.46. The van der Waals surface area contributed by atoms with Crippen molar-refractivity contribution in [3.05, 3.63) is 83.2 Å². The van der Waals surface area contributed by atoms with Crippen molar-refractivity contribution in [3.8, 4) is 5.75 Å². The minimum atomic E-state index is -0.291. The minimum Gasteiger partial charge on any atom is -0.497 e. The quantitative estimate of drug-likeness (QED) is 0.380. The van der Waals surface area contributed by atoms with Crippen LogP contribution in [0.5, 0.6) is 5.75 Å². The average molecular weight is 490 g/mol. The molecule has 0 radical (unpaired) electrons. The van der Waals surface area contributed by atoms with E-state index in [4.69, 9.17) is 9.26 Å². The van der Waals surface area contributed by atoms with E-state index in [-0.39, 0.29) is 24.1 Å². The van der Waals surface area contributed by atoms with Crippen molar-refractivity contribution in [2.45, 2.75) is 58.0 Å². The first kappa shape index (κ1) is 25.5. The Kier molecular flexibility index (Phi) is 9.14. The fourth-order valence-corrected chi connectivity index (χ4v) is 4.71. The maximum Gasteiger partial charge on any atom is 0.273 e. The van der Waals surface area contributed by atoms with Gasteiger partial charge in [-0.05, 0) is 42.0 Å². The smallest absolute Gasteiger partial charge is 0.273 e. The van der Waals surface area contributed by atoms with Gasteiger partial charge in [-0.3, -0.25) is 9.59 Å². The molecule has 4 rings (SSSR count). The maximum absolute atomic E-state index is 13.1. The second kappa shape index (κ2) is 12.9. The second-order valence-corrected chi connectivity index (χ2v) is 9.46. The van der Waals surface area contributed by atoms with Crippen molar-refractivity contribution in [1.82, 2.24) is 15.4 Å². The minimum absolute atomic E-state index is 0.104. The Morgan fingerprint density at radius 3 is 2.50 bits per heavy atom. The summed E-state index contributed by atoms with van der Waals surface area (Å²) in [5.74, 6) is 1.77. The van der Waals surface area contributed by atoms with Gasteiger partial charge in [0, 0.05) is 25.6 Å². The standard InChI is InChI=1S/C29H35N3O4/c1-35-25-14-11-23(12-15-25)17-18-30-29(34)27-19-26(36-31-27)21-32(20-24-9-3-2-4-10-24)28(33)16-13-22-7-5-6-8-22/h2-4,9-12,14-15,19,22H,5-8,13,16-18,20-21H2,1H3,(H,30,34). The van der Waals surface area contributed by atoms with E-state index < -0.39 is 0 Å². The first-order valence-electron chi connectivity index (χ1n) is 12.8. The van der Waals surface area contributed by atoms with Gasteiger partial charge in [0.15, 0.2) is 11.5 Å². The Morgan fingerprint density at radius 2 is 1.78 bits per heavy atom. The molecule has 3 aromatic rings. The number of hydrogen-bond donors (Lipinski definition) is 1. The van der Waals surface area contributed by atoms with Crippen molar-refractivity contribution in [2.24, 2.45) is 5.92 Å². The van der Waals surface area contributed by atoms with Crippen LogP contribution in [0.2, 0.25) is 0 Å². The van der Waals surface area contributed by atoms with Gasteiger partial charge < -0.3 is 19.5 Å². The highest BCUT2D eigenvalue weighted by Gasteiger charge is 2.21. The lowest BCUT2D eigenvalue weighted by molar-refractivity contribution is -0.133. The highest BCUT2D eigenvalue weighted by molar-refractivity contribution is 5.92. The summed E-state index contributed by atoms with van der Waals surface area (Å²) in [5.41, 5.74) is 2.38.